The number of carbonyl (C=O) groups is 2. The molecule has 1 aromatic heterocycles. The van der Waals surface area contributed by atoms with Crippen molar-refractivity contribution in [2.24, 2.45) is 0 Å². The Morgan fingerprint density at radius 1 is 1.21 bits per heavy atom. The molecular formula is C22H20N4O2. The summed E-state index contributed by atoms with van der Waals surface area (Å²) in [4.78, 5) is 31.7. The highest BCUT2D eigenvalue weighted by molar-refractivity contribution is 6.04. The number of anilines is 2. The van der Waals surface area contributed by atoms with Crippen molar-refractivity contribution in [1.82, 2.24) is 10.3 Å². The molecule has 6 heteroatoms. The van der Waals surface area contributed by atoms with Crippen LogP contribution in [0.15, 0.2) is 54.7 Å². The maximum absolute atomic E-state index is 12.8. The van der Waals surface area contributed by atoms with E-state index >= 15 is 0 Å². The molecule has 2 unspecified atom stereocenters. The number of para-hydroxylation sites is 2. The Bertz CT molecular complexity index is 1110. The number of nitrogens with zero attached hydrogens (tertiary/aromatic N) is 2. The van der Waals surface area contributed by atoms with Crippen molar-refractivity contribution in [3.63, 3.8) is 0 Å². The topological polar surface area (TPSA) is 74.3 Å². The summed E-state index contributed by atoms with van der Waals surface area (Å²) in [5, 5.41) is 7.05. The molecule has 3 heterocycles. The molecule has 5 rings (SSSR count). The predicted octanol–water partition coefficient (Wildman–Crippen LogP) is 2.87. The predicted molar refractivity (Wildman–Crippen MR) is 109 cm³/mol. The fourth-order valence-electron chi connectivity index (χ4n) is 4.19. The van der Waals surface area contributed by atoms with Gasteiger partial charge in [0.15, 0.2) is 0 Å². The first-order valence-electron chi connectivity index (χ1n) is 9.43. The molecule has 2 aliphatic heterocycles. The van der Waals surface area contributed by atoms with E-state index in [1.165, 1.54) is 0 Å². The van der Waals surface area contributed by atoms with Crippen molar-refractivity contribution < 1.29 is 9.59 Å². The van der Waals surface area contributed by atoms with Gasteiger partial charge in [-0.05, 0) is 55.3 Å². The molecule has 6 nitrogen and oxygen atoms in total. The maximum Gasteiger partial charge on any atom is 0.251 e. The van der Waals surface area contributed by atoms with Gasteiger partial charge >= 0.3 is 0 Å². The molecule has 1 fully saturated rings. The van der Waals surface area contributed by atoms with E-state index in [1.807, 2.05) is 49.4 Å². The number of hydrogen-bond acceptors (Lipinski definition) is 4. The smallest absolute Gasteiger partial charge is 0.251 e. The first-order valence-corrected chi connectivity index (χ1v) is 9.43. The number of nitrogens with one attached hydrogen (secondary N) is 2. The normalized spacial score (nSPS) is 20.5. The zero-order valence-electron chi connectivity index (χ0n) is 15.5. The van der Waals surface area contributed by atoms with E-state index in [1.54, 1.807) is 12.3 Å². The number of amides is 2. The van der Waals surface area contributed by atoms with Crippen LogP contribution >= 0.6 is 0 Å². The van der Waals surface area contributed by atoms with Crippen LogP contribution in [0.1, 0.15) is 22.3 Å². The number of rotatable bonds is 2. The van der Waals surface area contributed by atoms with E-state index in [0.717, 1.165) is 27.8 Å². The molecule has 1 saturated heterocycles. The second-order valence-electron chi connectivity index (χ2n) is 7.44. The highest BCUT2D eigenvalue weighted by Crippen LogP contribution is 2.36. The number of aromatic nitrogens is 1. The molecule has 0 saturated carbocycles. The van der Waals surface area contributed by atoms with Crippen LogP contribution < -0.4 is 15.5 Å². The standard InChI is InChI=1S/C22H20N4O2/c1-13-8-9-23-17-7-6-14(10-16(13)17)21(27)24-15-11-20-22(28)25-18-4-2-3-5-19(18)26(20)12-15/h2-10,15,20H,11-12H2,1H3,(H,24,27)(H,25,28). The van der Waals surface area contributed by atoms with Gasteiger partial charge in [0.25, 0.3) is 5.91 Å². The number of pyridine rings is 1. The van der Waals surface area contributed by atoms with Gasteiger partial charge in [-0.1, -0.05) is 12.1 Å². The molecule has 0 radical (unpaired) electrons. The third-order valence-electron chi connectivity index (χ3n) is 5.63. The molecule has 2 amide bonds. The van der Waals surface area contributed by atoms with Gasteiger partial charge in [0.05, 0.1) is 16.9 Å². The Kier molecular flexibility index (Phi) is 3.79. The number of carbonyl (C=O) groups excluding carboxylic acids is 2. The van der Waals surface area contributed by atoms with Gasteiger partial charge < -0.3 is 15.5 Å². The highest BCUT2D eigenvalue weighted by Gasteiger charge is 2.41. The number of aryl methyl sites for hydroxylation is 1. The lowest BCUT2D eigenvalue weighted by atomic mass is 10.1. The lowest BCUT2D eigenvalue weighted by molar-refractivity contribution is -0.117. The lowest BCUT2D eigenvalue weighted by Crippen LogP contribution is -2.44. The zero-order chi connectivity index (χ0) is 19.3. The van der Waals surface area contributed by atoms with E-state index in [4.69, 9.17) is 0 Å². The largest absolute Gasteiger partial charge is 0.356 e. The van der Waals surface area contributed by atoms with Crippen LogP contribution in [0, 0.1) is 6.92 Å². The van der Waals surface area contributed by atoms with Crippen molar-refractivity contribution in [3.05, 3.63) is 65.9 Å². The fraction of sp³-hybridized carbons (Fsp3) is 0.227. The number of fused-ring (bicyclic) bond motifs is 4. The summed E-state index contributed by atoms with van der Waals surface area (Å²) in [7, 11) is 0. The minimum Gasteiger partial charge on any atom is -0.356 e. The SMILES string of the molecule is Cc1ccnc2ccc(C(=O)NC3CC4C(=O)Nc5ccccc5N4C3)cc12. The van der Waals surface area contributed by atoms with Gasteiger partial charge in [-0.3, -0.25) is 14.6 Å². The molecule has 2 aromatic carbocycles. The van der Waals surface area contributed by atoms with E-state index < -0.39 is 0 Å². The Labute approximate surface area is 162 Å². The summed E-state index contributed by atoms with van der Waals surface area (Å²) in [6.07, 6.45) is 2.37. The quantitative estimate of drug-likeness (QED) is 0.725. The number of hydrogen-bond donors (Lipinski definition) is 2. The zero-order valence-corrected chi connectivity index (χ0v) is 15.5. The first kappa shape index (κ1) is 16.7. The molecule has 2 N–H and O–H groups in total. The molecule has 2 atom stereocenters. The van der Waals surface area contributed by atoms with E-state index in [2.05, 4.69) is 20.5 Å². The van der Waals surface area contributed by atoms with Crippen LogP contribution in [-0.2, 0) is 4.79 Å². The molecule has 140 valence electrons. The monoisotopic (exact) mass is 372 g/mol. The van der Waals surface area contributed by atoms with Crippen molar-refractivity contribution >= 4 is 34.1 Å². The van der Waals surface area contributed by atoms with E-state index in [0.29, 0.717) is 18.5 Å². The van der Waals surface area contributed by atoms with Crippen molar-refractivity contribution in [3.8, 4) is 0 Å². The van der Waals surface area contributed by atoms with Gasteiger partial charge in [-0.2, -0.15) is 0 Å². The van der Waals surface area contributed by atoms with Crippen LogP contribution in [0.25, 0.3) is 10.9 Å². The summed E-state index contributed by atoms with van der Waals surface area (Å²) in [5.74, 6) is -0.133. The average molecular weight is 372 g/mol. The molecule has 0 aliphatic carbocycles. The Morgan fingerprint density at radius 3 is 2.96 bits per heavy atom. The summed E-state index contributed by atoms with van der Waals surface area (Å²) in [6.45, 7) is 2.63. The molecule has 0 bridgehead atoms. The number of benzene rings is 2. The second-order valence-corrected chi connectivity index (χ2v) is 7.44. The maximum atomic E-state index is 12.8. The van der Waals surface area contributed by atoms with Crippen molar-refractivity contribution in [2.45, 2.75) is 25.4 Å². The van der Waals surface area contributed by atoms with Crippen molar-refractivity contribution in [1.29, 1.82) is 0 Å². The van der Waals surface area contributed by atoms with Gasteiger partial charge in [0.1, 0.15) is 6.04 Å². The van der Waals surface area contributed by atoms with Crippen LogP contribution in [0.3, 0.4) is 0 Å². The molecule has 28 heavy (non-hydrogen) atoms. The van der Waals surface area contributed by atoms with Crippen LogP contribution in [0.2, 0.25) is 0 Å². The fourth-order valence-corrected chi connectivity index (χ4v) is 4.19. The lowest BCUT2D eigenvalue weighted by Gasteiger charge is -2.32. The van der Waals surface area contributed by atoms with Crippen molar-refractivity contribution in [2.75, 3.05) is 16.8 Å². The molecule has 3 aromatic rings. The summed E-state index contributed by atoms with van der Waals surface area (Å²) >= 11 is 0. The Morgan fingerprint density at radius 2 is 2.07 bits per heavy atom. The van der Waals surface area contributed by atoms with Gasteiger partial charge in [-0.25, -0.2) is 0 Å². The van der Waals surface area contributed by atoms with Crippen LogP contribution in [0.4, 0.5) is 11.4 Å². The van der Waals surface area contributed by atoms with Crippen LogP contribution in [0.5, 0.6) is 0 Å². The Hall–Kier alpha value is -3.41. The first-order chi connectivity index (χ1) is 13.6. The highest BCUT2D eigenvalue weighted by atomic mass is 16.2. The van der Waals surface area contributed by atoms with E-state index in [9.17, 15) is 9.59 Å². The van der Waals surface area contributed by atoms with Gasteiger partial charge in [0.2, 0.25) is 5.91 Å². The van der Waals surface area contributed by atoms with E-state index in [-0.39, 0.29) is 23.9 Å². The Balaban J connectivity index is 1.37. The second kappa shape index (κ2) is 6.34. The minimum atomic E-state index is -0.247. The summed E-state index contributed by atoms with van der Waals surface area (Å²) in [5.41, 5.74) is 4.41. The molecular weight excluding hydrogens is 352 g/mol. The third-order valence-corrected chi connectivity index (χ3v) is 5.63. The minimum absolute atomic E-state index is 0.0112. The molecule has 0 spiro atoms. The third kappa shape index (κ3) is 2.69. The molecule has 2 aliphatic rings. The van der Waals surface area contributed by atoms with Gasteiger partial charge in [0, 0.05) is 29.7 Å². The summed E-state index contributed by atoms with van der Waals surface area (Å²) < 4.78 is 0. The van der Waals surface area contributed by atoms with Gasteiger partial charge in [-0.15, -0.1) is 0 Å². The summed E-state index contributed by atoms with van der Waals surface area (Å²) in [6, 6.07) is 14.9. The average Bonchev–Trinajstić information content (AvgIpc) is 3.13. The van der Waals surface area contributed by atoms with Crippen LogP contribution in [-0.4, -0.2) is 35.4 Å².